The van der Waals surface area contributed by atoms with Gasteiger partial charge in [-0.15, -0.1) is 0 Å². The maximum Gasteiger partial charge on any atom is 0.325 e. The lowest BCUT2D eigenvalue weighted by atomic mass is 10.1. The number of esters is 1. The molecule has 8 heteroatoms. The molecule has 1 aromatic rings. The van der Waals surface area contributed by atoms with Crippen LogP contribution >= 0.6 is 0 Å². The number of nitro groups is 1. The Bertz CT molecular complexity index is 559. The van der Waals surface area contributed by atoms with Crippen molar-refractivity contribution in [1.82, 2.24) is 5.32 Å². The van der Waals surface area contributed by atoms with E-state index in [-0.39, 0.29) is 36.0 Å². The summed E-state index contributed by atoms with van der Waals surface area (Å²) in [7, 11) is 2.98. The lowest BCUT2D eigenvalue weighted by Gasteiger charge is -2.18. The summed E-state index contributed by atoms with van der Waals surface area (Å²) in [4.78, 5) is 34.9. The zero-order valence-electron chi connectivity index (χ0n) is 12.1. The summed E-state index contributed by atoms with van der Waals surface area (Å²) in [6.45, 7) is 1.76. The van der Waals surface area contributed by atoms with Crippen LogP contribution < -0.4 is 10.2 Å². The third-order valence-corrected chi connectivity index (χ3v) is 2.74. The summed E-state index contributed by atoms with van der Waals surface area (Å²) in [5.74, 6) is -0.865. The Morgan fingerprint density at radius 3 is 2.62 bits per heavy atom. The number of ether oxygens (including phenoxy) is 1. The van der Waals surface area contributed by atoms with Gasteiger partial charge in [-0.2, -0.15) is 0 Å². The summed E-state index contributed by atoms with van der Waals surface area (Å²) in [6.07, 6.45) is 0. The minimum absolute atomic E-state index is 0.147. The van der Waals surface area contributed by atoms with E-state index in [9.17, 15) is 19.7 Å². The molecule has 0 radical (unpaired) electrons. The number of carbonyl (C=O) groups is 2. The van der Waals surface area contributed by atoms with Gasteiger partial charge in [0, 0.05) is 25.7 Å². The number of amides is 1. The average molecular weight is 295 g/mol. The Morgan fingerprint density at radius 2 is 2.10 bits per heavy atom. The van der Waals surface area contributed by atoms with Crippen LogP contribution in [0.3, 0.4) is 0 Å². The van der Waals surface area contributed by atoms with Crippen molar-refractivity contribution in [2.75, 3.05) is 32.1 Å². The van der Waals surface area contributed by atoms with Crippen molar-refractivity contribution in [2.24, 2.45) is 0 Å². The van der Waals surface area contributed by atoms with E-state index in [0.29, 0.717) is 0 Å². The minimum atomic E-state index is -0.565. The molecule has 0 unspecified atom stereocenters. The lowest BCUT2D eigenvalue weighted by Crippen LogP contribution is -2.28. The van der Waals surface area contributed by atoms with E-state index in [1.807, 2.05) is 0 Å². The van der Waals surface area contributed by atoms with Gasteiger partial charge in [0.15, 0.2) is 0 Å². The van der Waals surface area contributed by atoms with Gasteiger partial charge < -0.3 is 15.0 Å². The number of rotatable bonds is 6. The molecular formula is C13H17N3O5. The van der Waals surface area contributed by atoms with E-state index < -0.39 is 10.9 Å². The number of benzene rings is 1. The molecule has 0 saturated carbocycles. The van der Waals surface area contributed by atoms with Crippen molar-refractivity contribution in [3.8, 4) is 0 Å². The van der Waals surface area contributed by atoms with E-state index >= 15 is 0 Å². The van der Waals surface area contributed by atoms with Gasteiger partial charge in [0.05, 0.1) is 11.5 Å². The highest BCUT2D eigenvalue weighted by atomic mass is 16.6. The maximum atomic E-state index is 11.6. The molecular weight excluding hydrogens is 278 g/mol. The fourth-order valence-corrected chi connectivity index (χ4v) is 1.75. The second kappa shape index (κ2) is 7.22. The molecule has 0 aliphatic heterocycles. The summed E-state index contributed by atoms with van der Waals surface area (Å²) < 4.78 is 4.80. The number of hydrogen-bond acceptors (Lipinski definition) is 6. The Hall–Kier alpha value is -2.64. The molecule has 1 N–H and O–H groups in total. The fourth-order valence-electron chi connectivity index (χ4n) is 1.75. The second-order valence-corrected chi connectivity index (χ2v) is 4.20. The third kappa shape index (κ3) is 4.16. The number of anilines is 1. The van der Waals surface area contributed by atoms with Gasteiger partial charge in [-0.3, -0.25) is 19.7 Å². The van der Waals surface area contributed by atoms with Crippen LogP contribution in [-0.4, -0.2) is 44.0 Å². The molecule has 0 heterocycles. The standard InChI is InChI=1S/C13H17N3O5/c1-4-21-12(17)8-15(3)11-7-9(13(18)14-2)5-6-10(11)16(19)20/h5-7H,4,8H2,1-3H3,(H,14,18). The Balaban J connectivity index is 3.13. The van der Waals surface area contributed by atoms with Crippen LogP contribution in [0, 0.1) is 10.1 Å². The van der Waals surface area contributed by atoms with Crippen LogP contribution in [0.4, 0.5) is 11.4 Å². The molecule has 1 aromatic carbocycles. The van der Waals surface area contributed by atoms with Gasteiger partial charge >= 0.3 is 5.97 Å². The van der Waals surface area contributed by atoms with Gasteiger partial charge in [-0.1, -0.05) is 0 Å². The summed E-state index contributed by atoms with van der Waals surface area (Å²) in [5, 5.41) is 13.5. The van der Waals surface area contributed by atoms with Crippen LogP contribution in [0.5, 0.6) is 0 Å². The van der Waals surface area contributed by atoms with E-state index in [2.05, 4.69) is 5.32 Å². The molecule has 0 atom stereocenters. The highest BCUT2D eigenvalue weighted by Gasteiger charge is 2.21. The first-order chi connectivity index (χ1) is 9.90. The summed E-state index contributed by atoms with van der Waals surface area (Å²) >= 11 is 0. The van der Waals surface area contributed by atoms with Crippen LogP contribution in [0.1, 0.15) is 17.3 Å². The molecule has 114 valence electrons. The van der Waals surface area contributed by atoms with E-state index in [1.165, 1.54) is 37.2 Å². The van der Waals surface area contributed by atoms with Gasteiger partial charge in [0.2, 0.25) is 0 Å². The number of carbonyl (C=O) groups excluding carboxylic acids is 2. The number of nitro benzene ring substituents is 1. The molecule has 0 saturated heterocycles. The van der Waals surface area contributed by atoms with Gasteiger partial charge in [-0.05, 0) is 19.1 Å². The summed E-state index contributed by atoms with van der Waals surface area (Å²) in [6, 6.07) is 3.97. The number of nitrogens with one attached hydrogen (secondary N) is 1. The van der Waals surface area contributed by atoms with Crippen LogP contribution in [0.2, 0.25) is 0 Å². The van der Waals surface area contributed by atoms with Crippen LogP contribution in [0.15, 0.2) is 18.2 Å². The number of nitrogens with zero attached hydrogens (tertiary/aromatic N) is 2. The van der Waals surface area contributed by atoms with Crippen molar-refractivity contribution < 1.29 is 19.2 Å². The molecule has 0 fully saturated rings. The molecule has 0 spiro atoms. The van der Waals surface area contributed by atoms with Gasteiger partial charge in [0.1, 0.15) is 12.2 Å². The normalized spacial score (nSPS) is 9.86. The average Bonchev–Trinajstić information content (AvgIpc) is 2.45. The molecule has 21 heavy (non-hydrogen) atoms. The second-order valence-electron chi connectivity index (χ2n) is 4.20. The smallest absolute Gasteiger partial charge is 0.325 e. The van der Waals surface area contributed by atoms with Crippen LogP contribution in [-0.2, 0) is 9.53 Å². The first kappa shape index (κ1) is 16.4. The highest BCUT2D eigenvalue weighted by molar-refractivity contribution is 5.96. The molecule has 8 nitrogen and oxygen atoms in total. The van der Waals surface area contributed by atoms with Gasteiger partial charge in [0.25, 0.3) is 11.6 Å². The molecule has 0 aliphatic rings. The lowest BCUT2D eigenvalue weighted by molar-refractivity contribution is -0.384. The van der Waals surface area contributed by atoms with Crippen molar-refractivity contribution in [3.63, 3.8) is 0 Å². The largest absolute Gasteiger partial charge is 0.465 e. The van der Waals surface area contributed by atoms with E-state index in [4.69, 9.17) is 4.74 Å². The van der Waals surface area contributed by atoms with E-state index in [0.717, 1.165) is 0 Å². The predicted octanol–water partition coefficient (Wildman–Crippen LogP) is 0.954. The highest BCUT2D eigenvalue weighted by Crippen LogP contribution is 2.28. The first-order valence-corrected chi connectivity index (χ1v) is 6.28. The Labute approximate surface area is 121 Å². The molecule has 0 bridgehead atoms. The topological polar surface area (TPSA) is 102 Å². The van der Waals surface area contributed by atoms with Crippen LogP contribution in [0.25, 0.3) is 0 Å². The molecule has 1 amide bonds. The Kier molecular flexibility index (Phi) is 5.65. The Morgan fingerprint density at radius 1 is 1.43 bits per heavy atom. The monoisotopic (exact) mass is 295 g/mol. The quantitative estimate of drug-likeness (QED) is 0.476. The van der Waals surface area contributed by atoms with Crippen molar-refractivity contribution in [2.45, 2.75) is 6.92 Å². The maximum absolute atomic E-state index is 11.6. The molecule has 1 rings (SSSR count). The van der Waals surface area contributed by atoms with Crippen molar-refractivity contribution in [1.29, 1.82) is 0 Å². The number of hydrogen-bond donors (Lipinski definition) is 1. The molecule has 0 aromatic heterocycles. The predicted molar refractivity (Wildman–Crippen MR) is 76.4 cm³/mol. The van der Waals surface area contributed by atoms with Gasteiger partial charge in [-0.25, -0.2) is 0 Å². The zero-order chi connectivity index (χ0) is 16.0. The molecule has 0 aliphatic carbocycles. The SMILES string of the molecule is CCOC(=O)CN(C)c1cc(C(=O)NC)ccc1[N+](=O)[O-]. The first-order valence-electron chi connectivity index (χ1n) is 6.28. The van der Waals surface area contributed by atoms with E-state index in [1.54, 1.807) is 6.92 Å². The van der Waals surface area contributed by atoms with Crippen molar-refractivity contribution >= 4 is 23.3 Å². The summed E-state index contributed by atoms with van der Waals surface area (Å²) in [5.41, 5.74) is 0.261. The van der Waals surface area contributed by atoms with Crippen molar-refractivity contribution in [3.05, 3.63) is 33.9 Å². The number of likely N-dealkylation sites (N-methyl/N-ethyl adjacent to an activating group) is 1. The fraction of sp³-hybridized carbons (Fsp3) is 0.385. The zero-order valence-corrected chi connectivity index (χ0v) is 12.1. The minimum Gasteiger partial charge on any atom is -0.465 e. The third-order valence-electron chi connectivity index (χ3n) is 2.74.